The average Bonchev–Trinajstić information content (AvgIpc) is 3.15. The van der Waals surface area contributed by atoms with E-state index in [-0.39, 0.29) is 18.1 Å². The van der Waals surface area contributed by atoms with Crippen molar-refractivity contribution >= 4 is 40.9 Å². The summed E-state index contributed by atoms with van der Waals surface area (Å²) in [5, 5.41) is 6.16. The van der Waals surface area contributed by atoms with Gasteiger partial charge in [0.15, 0.2) is 0 Å². The van der Waals surface area contributed by atoms with Gasteiger partial charge in [-0.2, -0.15) is 0 Å². The molecule has 0 atom stereocenters. The molecule has 1 aromatic rings. The van der Waals surface area contributed by atoms with Crippen molar-refractivity contribution in [2.45, 2.75) is 64.4 Å². The molecule has 1 saturated heterocycles. The van der Waals surface area contributed by atoms with Gasteiger partial charge in [0.1, 0.15) is 11.9 Å². The van der Waals surface area contributed by atoms with E-state index in [4.69, 9.17) is 10.5 Å². The molecule has 1 aliphatic carbocycles. The molecule has 1 saturated carbocycles. The van der Waals surface area contributed by atoms with Crippen LogP contribution in [-0.2, 0) is 9.53 Å². The number of fused-ring (bicyclic) bond motifs is 1. The Morgan fingerprint density at radius 3 is 2.81 bits per heavy atom. The standard InChI is InChI=1S/C27H37N5O3S/c1-2-14-32(15-4-11-30-27(34)35-21-5-3-6-21)26(33)20-16-24-23(31-25(28)17-20)18-22(36-24)8-7-19-9-12-29-13-10-19/h16,18-19,21,29H,2-6,9-15,17H2,1H3,(H2,28,31)(H,30,34). The summed E-state index contributed by atoms with van der Waals surface area (Å²) in [6.07, 6.45) is 8.63. The third kappa shape index (κ3) is 7.34. The van der Waals surface area contributed by atoms with Crippen molar-refractivity contribution in [1.29, 1.82) is 0 Å². The molecule has 8 nitrogen and oxygen atoms in total. The van der Waals surface area contributed by atoms with Gasteiger partial charge in [-0.25, -0.2) is 9.79 Å². The minimum atomic E-state index is -0.368. The summed E-state index contributed by atoms with van der Waals surface area (Å²) in [7, 11) is 0. The number of carbonyl (C=O) groups is 2. The Morgan fingerprint density at radius 2 is 2.08 bits per heavy atom. The minimum absolute atomic E-state index is 0.0318. The first-order valence-corrected chi connectivity index (χ1v) is 14.0. The number of thiophene rings is 1. The highest BCUT2D eigenvalue weighted by Gasteiger charge is 2.23. The number of hydrogen-bond acceptors (Lipinski definition) is 7. The normalized spacial score (nSPS) is 17.9. The number of amides is 2. The van der Waals surface area contributed by atoms with Crippen molar-refractivity contribution in [2.75, 3.05) is 32.7 Å². The Balaban J connectivity index is 1.37. The third-order valence-corrected chi connectivity index (χ3v) is 7.66. The van der Waals surface area contributed by atoms with Crippen molar-refractivity contribution in [2.24, 2.45) is 16.6 Å². The molecule has 2 amide bonds. The zero-order chi connectivity index (χ0) is 25.3. The number of nitrogens with two attached hydrogens (primary N) is 1. The molecular formula is C27H37N5O3S. The Kier molecular flexibility index (Phi) is 9.42. The first-order chi connectivity index (χ1) is 17.5. The number of hydrogen-bond donors (Lipinski definition) is 3. The lowest BCUT2D eigenvalue weighted by atomic mass is 9.96. The number of aliphatic imine (C=N–C) groups is 1. The fourth-order valence-corrected chi connectivity index (χ4v) is 5.38. The van der Waals surface area contributed by atoms with E-state index >= 15 is 0 Å². The highest BCUT2D eigenvalue weighted by atomic mass is 32.1. The van der Waals surface area contributed by atoms with E-state index in [2.05, 4.69) is 34.4 Å². The topological polar surface area (TPSA) is 109 Å². The van der Waals surface area contributed by atoms with Crippen LogP contribution in [0.15, 0.2) is 16.6 Å². The summed E-state index contributed by atoms with van der Waals surface area (Å²) in [5.74, 6) is 7.54. The summed E-state index contributed by atoms with van der Waals surface area (Å²) in [4.78, 5) is 33.6. The Morgan fingerprint density at radius 1 is 1.28 bits per heavy atom. The summed E-state index contributed by atoms with van der Waals surface area (Å²) < 4.78 is 5.32. The number of amidine groups is 1. The molecule has 2 aliphatic heterocycles. The van der Waals surface area contributed by atoms with Crippen LogP contribution in [0, 0.1) is 17.8 Å². The van der Waals surface area contributed by atoms with Crippen LogP contribution < -0.4 is 16.4 Å². The van der Waals surface area contributed by atoms with Crippen molar-refractivity contribution in [1.82, 2.24) is 15.5 Å². The van der Waals surface area contributed by atoms with Gasteiger partial charge in [0.05, 0.1) is 15.4 Å². The lowest BCUT2D eigenvalue weighted by Crippen LogP contribution is -2.37. The van der Waals surface area contributed by atoms with Gasteiger partial charge in [-0.15, -0.1) is 11.3 Å². The second-order valence-corrected chi connectivity index (χ2v) is 10.7. The fraction of sp³-hybridized carbons (Fsp3) is 0.593. The third-order valence-electron chi connectivity index (χ3n) is 6.68. The highest BCUT2D eigenvalue weighted by molar-refractivity contribution is 7.14. The van der Waals surface area contributed by atoms with Crippen LogP contribution in [-0.4, -0.2) is 61.6 Å². The van der Waals surface area contributed by atoms with E-state index in [1.807, 2.05) is 17.0 Å². The molecule has 9 heteroatoms. The van der Waals surface area contributed by atoms with Crippen molar-refractivity contribution in [3.05, 3.63) is 21.4 Å². The van der Waals surface area contributed by atoms with E-state index in [9.17, 15) is 9.59 Å². The molecule has 3 heterocycles. The summed E-state index contributed by atoms with van der Waals surface area (Å²) in [6, 6.07) is 1.98. The molecule has 2 fully saturated rings. The van der Waals surface area contributed by atoms with Crippen molar-refractivity contribution in [3.63, 3.8) is 0 Å². The quantitative estimate of drug-likeness (QED) is 0.364. The molecule has 0 unspecified atom stereocenters. The summed E-state index contributed by atoms with van der Waals surface area (Å²) >= 11 is 1.56. The molecule has 3 aliphatic rings. The number of piperidine rings is 1. The molecule has 0 radical (unpaired) electrons. The zero-order valence-corrected chi connectivity index (χ0v) is 21.9. The second kappa shape index (κ2) is 12.9. The molecular weight excluding hydrogens is 474 g/mol. The van der Waals surface area contributed by atoms with E-state index in [0.29, 0.717) is 49.8 Å². The minimum Gasteiger partial charge on any atom is -0.446 e. The molecule has 36 heavy (non-hydrogen) atoms. The van der Waals surface area contributed by atoms with Gasteiger partial charge in [0.25, 0.3) is 0 Å². The maximum Gasteiger partial charge on any atom is 0.407 e. The van der Waals surface area contributed by atoms with Crippen molar-refractivity contribution in [3.8, 4) is 11.8 Å². The maximum atomic E-state index is 13.5. The van der Waals surface area contributed by atoms with Crippen LogP contribution in [0.4, 0.5) is 10.5 Å². The molecule has 194 valence electrons. The second-order valence-electron chi connectivity index (χ2n) is 9.63. The average molecular weight is 512 g/mol. The van der Waals surface area contributed by atoms with E-state index in [1.165, 1.54) is 0 Å². The number of alkyl carbamates (subject to hydrolysis) is 1. The Bertz CT molecular complexity index is 1060. The fourth-order valence-electron chi connectivity index (χ4n) is 4.45. The van der Waals surface area contributed by atoms with Crippen LogP contribution in [0.25, 0.3) is 6.08 Å². The summed E-state index contributed by atoms with van der Waals surface area (Å²) in [5.41, 5.74) is 7.62. The SMILES string of the molecule is CCCN(CCCNC(=O)OC1CCC1)C(=O)C1=Cc2sc(C#CC3CCNCC3)cc2N=C(N)C1. The van der Waals surface area contributed by atoms with Gasteiger partial charge in [-0.3, -0.25) is 4.79 Å². The number of nitrogens with zero attached hydrogens (tertiary/aromatic N) is 2. The molecule has 1 aromatic heterocycles. The van der Waals surface area contributed by atoms with Gasteiger partial charge in [0.2, 0.25) is 5.91 Å². The van der Waals surface area contributed by atoms with Gasteiger partial charge in [-0.05, 0) is 70.2 Å². The van der Waals surface area contributed by atoms with Crippen LogP contribution in [0.3, 0.4) is 0 Å². The van der Waals surface area contributed by atoms with Crippen molar-refractivity contribution < 1.29 is 14.3 Å². The lowest BCUT2D eigenvalue weighted by Gasteiger charge is -2.25. The largest absolute Gasteiger partial charge is 0.446 e. The molecule has 4 N–H and O–H groups in total. The van der Waals surface area contributed by atoms with Gasteiger partial charge < -0.3 is 26.0 Å². The monoisotopic (exact) mass is 511 g/mol. The van der Waals surface area contributed by atoms with Gasteiger partial charge >= 0.3 is 6.09 Å². The first-order valence-electron chi connectivity index (χ1n) is 13.1. The number of ether oxygens (including phenoxy) is 1. The molecule has 0 spiro atoms. The van der Waals surface area contributed by atoms with E-state index in [1.54, 1.807) is 11.3 Å². The zero-order valence-electron chi connectivity index (χ0n) is 21.1. The predicted octanol–water partition coefficient (Wildman–Crippen LogP) is 3.78. The van der Waals surface area contributed by atoms with Crippen LogP contribution in [0.2, 0.25) is 0 Å². The summed E-state index contributed by atoms with van der Waals surface area (Å²) in [6.45, 7) is 5.75. The molecule has 4 rings (SSSR count). The molecule has 0 bridgehead atoms. The first kappa shape index (κ1) is 26.2. The van der Waals surface area contributed by atoms with Crippen LogP contribution >= 0.6 is 11.3 Å². The lowest BCUT2D eigenvalue weighted by molar-refractivity contribution is -0.127. The smallest absolute Gasteiger partial charge is 0.407 e. The maximum absolute atomic E-state index is 13.5. The molecule has 0 aromatic carbocycles. The number of carbonyl (C=O) groups excluding carboxylic acids is 2. The van der Waals surface area contributed by atoms with E-state index < -0.39 is 0 Å². The predicted molar refractivity (Wildman–Crippen MR) is 144 cm³/mol. The Labute approximate surface area is 217 Å². The van der Waals surface area contributed by atoms with Crippen LogP contribution in [0.1, 0.15) is 68.0 Å². The number of nitrogens with one attached hydrogen (secondary N) is 2. The van der Waals surface area contributed by atoms with E-state index in [0.717, 1.165) is 67.1 Å². The number of rotatable bonds is 8. The van der Waals surface area contributed by atoms with Crippen LogP contribution in [0.5, 0.6) is 0 Å². The van der Waals surface area contributed by atoms with Gasteiger partial charge in [-0.1, -0.05) is 18.8 Å². The highest BCUT2D eigenvalue weighted by Crippen LogP contribution is 2.34. The Hall–Kier alpha value is -2.83. The van der Waals surface area contributed by atoms with Gasteiger partial charge in [0, 0.05) is 37.5 Å².